The van der Waals surface area contributed by atoms with Crippen molar-refractivity contribution in [3.05, 3.63) is 11.1 Å². The first-order valence-electron chi connectivity index (χ1n) is 9.79. The van der Waals surface area contributed by atoms with Crippen molar-refractivity contribution in [3.63, 3.8) is 0 Å². The smallest absolute Gasteiger partial charge is 0.289 e. The molecule has 4 rings (SSSR count). The Kier molecular flexibility index (Phi) is 5.77. The van der Waals surface area contributed by atoms with Crippen LogP contribution in [0, 0.1) is 11.8 Å². The Bertz CT molecular complexity index is 744. The summed E-state index contributed by atoms with van der Waals surface area (Å²) in [4.78, 5) is 45.2. The topological polar surface area (TPSA) is 104 Å². The monoisotopic (exact) mass is 407 g/mol. The minimum Gasteiger partial charge on any atom is -0.378 e. The number of ether oxygens (including phenoxy) is 1. The Balaban J connectivity index is 1.26. The number of morpholine rings is 1. The Labute approximate surface area is 167 Å². The van der Waals surface area contributed by atoms with Crippen LogP contribution in [0.15, 0.2) is 5.38 Å². The molecule has 3 fully saturated rings. The van der Waals surface area contributed by atoms with Crippen LogP contribution in [0.1, 0.15) is 36.2 Å². The van der Waals surface area contributed by atoms with Crippen molar-refractivity contribution in [2.24, 2.45) is 11.8 Å². The van der Waals surface area contributed by atoms with Gasteiger partial charge >= 0.3 is 0 Å². The standard InChI is InChI=1S/C18H25N5O4S/c24-15(13-2-1-5-23(10-13)17(26)12-3-4-12)20-21-16(25)14-11-28-18(19-14)22-6-8-27-9-7-22/h11-13H,1-10H2,(H,20,24)(H,21,25). The van der Waals surface area contributed by atoms with Gasteiger partial charge in [-0.3, -0.25) is 25.2 Å². The predicted molar refractivity (Wildman–Crippen MR) is 103 cm³/mol. The number of hydrogen-bond acceptors (Lipinski definition) is 7. The number of carbonyl (C=O) groups excluding carboxylic acids is 3. The molecule has 1 unspecified atom stereocenters. The average Bonchev–Trinajstić information content (AvgIpc) is 3.48. The molecule has 152 valence electrons. The minimum atomic E-state index is -0.439. The predicted octanol–water partition coefficient (Wildman–Crippen LogP) is 0.389. The highest BCUT2D eigenvalue weighted by molar-refractivity contribution is 7.13. The lowest BCUT2D eigenvalue weighted by atomic mass is 9.97. The van der Waals surface area contributed by atoms with Gasteiger partial charge in [-0.05, 0) is 25.7 Å². The first kappa shape index (κ1) is 19.1. The maximum Gasteiger partial charge on any atom is 0.289 e. The van der Waals surface area contributed by atoms with Crippen molar-refractivity contribution < 1.29 is 19.1 Å². The van der Waals surface area contributed by atoms with Gasteiger partial charge in [0, 0.05) is 37.5 Å². The van der Waals surface area contributed by atoms with E-state index in [1.165, 1.54) is 11.3 Å². The van der Waals surface area contributed by atoms with Crippen LogP contribution in [-0.2, 0) is 14.3 Å². The molecule has 0 radical (unpaired) electrons. The van der Waals surface area contributed by atoms with Gasteiger partial charge in [-0.25, -0.2) is 4.98 Å². The van der Waals surface area contributed by atoms with Crippen LogP contribution in [0.3, 0.4) is 0 Å². The molecule has 0 bridgehead atoms. The summed E-state index contributed by atoms with van der Waals surface area (Å²) in [7, 11) is 0. The molecule has 28 heavy (non-hydrogen) atoms. The molecule has 10 heteroatoms. The lowest BCUT2D eigenvalue weighted by molar-refractivity contribution is -0.137. The summed E-state index contributed by atoms with van der Waals surface area (Å²) in [5, 5.41) is 2.46. The highest BCUT2D eigenvalue weighted by Crippen LogP contribution is 2.32. The fourth-order valence-corrected chi connectivity index (χ4v) is 4.39. The maximum absolute atomic E-state index is 12.4. The highest BCUT2D eigenvalue weighted by Gasteiger charge is 2.36. The molecule has 3 heterocycles. The van der Waals surface area contributed by atoms with Gasteiger partial charge in [0.25, 0.3) is 5.91 Å². The number of rotatable bonds is 4. The molecule has 0 spiro atoms. The fraction of sp³-hybridized carbons (Fsp3) is 0.667. The molecule has 3 aliphatic rings. The van der Waals surface area contributed by atoms with Crippen molar-refractivity contribution in [2.45, 2.75) is 25.7 Å². The van der Waals surface area contributed by atoms with Gasteiger partial charge in [0.1, 0.15) is 5.69 Å². The summed E-state index contributed by atoms with van der Waals surface area (Å²) in [6, 6.07) is 0. The van der Waals surface area contributed by atoms with E-state index in [4.69, 9.17) is 4.74 Å². The molecule has 1 aromatic heterocycles. The second-order valence-corrected chi connectivity index (χ2v) is 8.29. The number of likely N-dealkylation sites (tertiary alicyclic amines) is 1. The summed E-state index contributed by atoms with van der Waals surface area (Å²) in [5.74, 6) is -0.668. The van der Waals surface area contributed by atoms with E-state index in [1.54, 1.807) is 10.3 Å². The number of nitrogens with one attached hydrogen (secondary N) is 2. The number of anilines is 1. The van der Waals surface area contributed by atoms with Crippen molar-refractivity contribution in [2.75, 3.05) is 44.3 Å². The van der Waals surface area contributed by atoms with Crippen molar-refractivity contribution in [3.8, 4) is 0 Å². The SMILES string of the molecule is O=C(NNC(=O)C1CCCN(C(=O)C2CC2)C1)c1csc(N2CCOCC2)n1. The fourth-order valence-electron chi connectivity index (χ4n) is 3.53. The van der Waals surface area contributed by atoms with E-state index in [-0.39, 0.29) is 29.3 Å². The Morgan fingerprint density at radius 2 is 1.86 bits per heavy atom. The number of carbonyl (C=O) groups is 3. The third kappa shape index (κ3) is 4.44. The van der Waals surface area contributed by atoms with Gasteiger partial charge in [-0.2, -0.15) is 0 Å². The molecule has 1 aliphatic carbocycles. The van der Waals surface area contributed by atoms with Crippen LogP contribution in [0.5, 0.6) is 0 Å². The summed E-state index contributed by atoms with van der Waals surface area (Å²) in [6.45, 7) is 3.95. The number of hydrazine groups is 1. The van der Waals surface area contributed by atoms with Crippen LogP contribution < -0.4 is 15.8 Å². The third-order valence-corrected chi connectivity index (χ3v) is 6.24. The van der Waals surface area contributed by atoms with Gasteiger partial charge in [0.2, 0.25) is 11.8 Å². The number of aromatic nitrogens is 1. The normalized spacial score (nSPS) is 22.6. The van der Waals surface area contributed by atoms with Gasteiger partial charge in [0.15, 0.2) is 5.13 Å². The molecule has 2 aliphatic heterocycles. The third-order valence-electron chi connectivity index (χ3n) is 5.34. The molecular weight excluding hydrogens is 382 g/mol. The zero-order valence-electron chi connectivity index (χ0n) is 15.7. The van der Waals surface area contributed by atoms with Crippen LogP contribution in [0.4, 0.5) is 5.13 Å². The lowest BCUT2D eigenvalue weighted by Crippen LogP contribution is -2.50. The van der Waals surface area contributed by atoms with Crippen molar-refractivity contribution in [1.29, 1.82) is 0 Å². The van der Waals surface area contributed by atoms with Gasteiger partial charge in [0.05, 0.1) is 19.1 Å². The van der Waals surface area contributed by atoms with E-state index in [9.17, 15) is 14.4 Å². The zero-order chi connectivity index (χ0) is 19.5. The van der Waals surface area contributed by atoms with E-state index in [1.807, 2.05) is 0 Å². The van der Waals surface area contributed by atoms with E-state index in [2.05, 4.69) is 20.7 Å². The van der Waals surface area contributed by atoms with Crippen molar-refractivity contribution in [1.82, 2.24) is 20.7 Å². The number of nitrogens with zero attached hydrogens (tertiary/aromatic N) is 3. The van der Waals surface area contributed by atoms with Crippen molar-refractivity contribution >= 4 is 34.2 Å². The Morgan fingerprint density at radius 3 is 2.61 bits per heavy atom. The van der Waals surface area contributed by atoms with Crippen LogP contribution >= 0.6 is 11.3 Å². The second-order valence-electron chi connectivity index (χ2n) is 7.46. The quantitative estimate of drug-likeness (QED) is 0.700. The summed E-state index contributed by atoms with van der Waals surface area (Å²) < 4.78 is 5.32. The Morgan fingerprint density at radius 1 is 1.07 bits per heavy atom. The van der Waals surface area contributed by atoms with Gasteiger partial charge in [-0.15, -0.1) is 11.3 Å². The van der Waals surface area contributed by atoms with Gasteiger partial charge < -0.3 is 14.5 Å². The highest BCUT2D eigenvalue weighted by atomic mass is 32.1. The average molecular weight is 407 g/mol. The molecule has 1 aromatic rings. The molecule has 3 amide bonds. The van der Waals surface area contributed by atoms with Crippen LogP contribution in [0.2, 0.25) is 0 Å². The molecular formula is C18H25N5O4S. The van der Waals surface area contributed by atoms with E-state index in [0.29, 0.717) is 32.7 Å². The number of amides is 3. The minimum absolute atomic E-state index is 0.159. The summed E-state index contributed by atoms with van der Waals surface area (Å²) >= 11 is 1.40. The summed E-state index contributed by atoms with van der Waals surface area (Å²) in [5.41, 5.74) is 5.23. The molecule has 1 atom stereocenters. The van der Waals surface area contributed by atoms with E-state index in [0.717, 1.165) is 37.5 Å². The molecule has 1 saturated carbocycles. The van der Waals surface area contributed by atoms with Crippen LogP contribution in [-0.4, -0.2) is 67.0 Å². The van der Waals surface area contributed by atoms with Crippen LogP contribution in [0.25, 0.3) is 0 Å². The number of piperidine rings is 1. The second kappa shape index (κ2) is 8.44. The maximum atomic E-state index is 12.4. The molecule has 2 saturated heterocycles. The van der Waals surface area contributed by atoms with E-state index >= 15 is 0 Å². The molecule has 9 nitrogen and oxygen atoms in total. The summed E-state index contributed by atoms with van der Waals surface area (Å²) in [6.07, 6.45) is 3.44. The largest absolute Gasteiger partial charge is 0.378 e. The molecule has 0 aromatic carbocycles. The lowest BCUT2D eigenvalue weighted by Gasteiger charge is -2.32. The number of hydrogen-bond donors (Lipinski definition) is 2. The first-order chi connectivity index (χ1) is 13.6. The first-order valence-corrected chi connectivity index (χ1v) is 10.7. The molecule has 2 N–H and O–H groups in total. The van der Waals surface area contributed by atoms with Gasteiger partial charge in [-0.1, -0.05) is 0 Å². The zero-order valence-corrected chi connectivity index (χ0v) is 16.5. The number of thiazole rings is 1. The Hall–Kier alpha value is -2.20. The van der Waals surface area contributed by atoms with E-state index < -0.39 is 5.91 Å².